The third kappa shape index (κ3) is 5.96. The second kappa shape index (κ2) is 14.1. The summed E-state index contributed by atoms with van der Waals surface area (Å²) in [5.74, 6) is -1.58. The number of carbonyl (C=O) groups is 3. The van der Waals surface area contributed by atoms with E-state index in [1.54, 1.807) is 62.9 Å². The number of amides is 3. The van der Waals surface area contributed by atoms with E-state index >= 15 is 9.59 Å². The van der Waals surface area contributed by atoms with Gasteiger partial charge in [-0.1, -0.05) is 54.1 Å². The van der Waals surface area contributed by atoms with Gasteiger partial charge in [-0.2, -0.15) is 0 Å². The van der Waals surface area contributed by atoms with Gasteiger partial charge in [0, 0.05) is 34.2 Å². The molecular formula is C39H42ClN3O5S. The number of likely N-dealkylation sites (tertiary alicyclic amines) is 1. The maximum absolute atomic E-state index is 15.1. The van der Waals surface area contributed by atoms with Crippen molar-refractivity contribution in [2.75, 3.05) is 36.1 Å². The molecular weight excluding hydrogens is 658 g/mol. The third-order valence-electron chi connectivity index (χ3n) is 10.2. The zero-order valence-electron chi connectivity index (χ0n) is 27.8. The zero-order valence-corrected chi connectivity index (χ0v) is 29.4. The summed E-state index contributed by atoms with van der Waals surface area (Å²) < 4.78 is 4.12. The van der Waals surface area contributed by atoms with E-state index in [-0.39, 0.29) is 37.4 Å². The number of aliphatic hydroxyl groups excluding tert-OH is 1. The van der Waals surface area contributed by atoms with Gasteiger partial charge in [0.1, 0.15) is 11.8 Å². The summed E-state index contributed by atoms with van der Waals surface area (Å²) in [6.45, 7) is 12.4. The largest absolute Gasteiger partial charge is 0.494 e. The van der Waals surface area contributed by atoms with Gasteiger partial charge in [-0.15, -0.1) is 24.9 Å². The predicted molar refractivity (Wildman–Crippen MR) is 196 cm³/mol. The SMILES string of the molecule is C=CCN(C(=O)C1N([C@H](CO)c2ccccc2)C(=O)[C@@H]2[C@H](C(=O)N(CC=C)c3ccc(OCC)cc3)[C@]3(C)CCC12S3)c1ccc(Cl)cc1. The molecule has 3 saturated heterocycles. The molecule has 1 N–H and O–H groups in total. The Hall–Kier alpha value is -4.05. The Morgan fingerprint density at radius 1 is 0.980 bits per heavy atom. The van der Waals surface area contributed by atoms with Gasteiger partial charge in [-0.25, -0.2) is 0 Å². The number of carbonyl (C=O) groups excluding carboxylic acids is 3. The minimum absolute atomic E-state index is 0.187. The zero-order chi connectivity index (χ0) is 34.9. The van der Waals surface area contributed by atoms with Crippen molar-refractivity contribution in [1.29, 1.82) is 0 Å². The second-order valence-corrected chi connectivity index (χ2v) is 15.3. The summed E-state index contributed by atoms with van der Waals surface area (Å²) in [6.07, 6.45) is 4.55. The first kappa shape index (κ1) is 34.8. The Bertz CT molecular complexity index is 1720. The Labute approximate surface area is 297 Å². The van der Waals surface area contributed by atoms with E-state index in [0.29, 0.717) is 47.2 Å². The summed E-state index contributed by atoms with van der Waals surface area (Å²) >= 11 is 7.81. The quantitative estimate of drug-likeness (QED) is 0.200. The Kier molecular flexibility index (Phi) is 9.98. The molecule has 3 aliphatic heterocycles. The Morgan fingerprint density at radius 3 is 2.14 bits per heavy atom. The lowest BCUT2D eigenvalue weighted by Gasteiger charge is -2.39. The molecule has 3 amide bonds. The highest BCUT2D eigenvalue weighted by Gasteiger charge is 2.78. The molecule has 8 nitrogen and oxygen atoms in total. The van der Waals surface area contributed by atoms with Gasteiger partial charge in [-0.3, -0.25) is 14.4 Å². The van der Waals surface area contributed by atoms with E-state index in [4.69, 9.17) is 16.3 Å². The van der Waals surface area contributed by atoms with Crippen LogP contribution >= 0.6 is 23.4 Å². The van der Waals surface area contributed by atoms with Crippen LogP contribution in [0.1, 0.15) is 38.3 Å². The first-order valence-corrected chi connectivity index (χ1v) is 17.8. The molecule has 3 aromatic rings. The molecule has 6 rings (SSSR count). The van der Waals surface area contributed by atoms with Gasteiger partial charge in [0.25, 0.3) is 5.91 Å². The molecule has 6 atom stereocenters. The first-order valence-electron chi connectivity index (χ1n) is 16.6. The van der Waals surface area contributed by atoms with Gasteiger partial charge in [0.2, 0.25) is 11.8 Å². The average molecular weight is 700 g/mol. The molecule has 3 heterocycles. The van der Waals surface area contributed by atoms with E-state index in [2.05, 4.69) is 20.1 Å². The van der Waals surface area contributed by atoms with Gasteiger partial charge in [0.05, 0.1) is 35.8 Å². The fourth-order valence-electron chi connectivity index (χ4n) is 8.11. The number of thioether (sulfide) groups is 1. The molecule has 0 radical (unpaired) electrons. The lowest BCUT2D eigenvalue weighted by Crippen LogP contribution is -2.56. The number of halogens is 1. The lowest BCUT2D eigenvalue weighted by molar-refractivity contribution is -0.142. The Balaban J connectivity index is 1.47. The van der Waals surface area contributed by atoms with E-state index in [0.717, 1.165) is 0 Å². The monoisotopic (exact) mass is 699 g/mol. The minimum Gasteiger partial charge on any atom is -0.494 e. The fourth-order valence-corrected chi connectivity index (χ4v) is 10.6. The molecule has 256 valence electrons. The smallest absolute Gasteiger partial charge is 0.251 e. The summed E-state index contributed by atoms with van der Waals surface area (Å²) in [4.78, 5) is 50.0. The molecule has 3 aromatic carbocycles. The van der Waals surface area contributed by atoms with E-state index in [1.807, 2.05) is 61.5 Å². The van der Waals surface area contributed by atoms with E-state index in [1.165, 1.54) is 0 Å². The average Bonchev–Trinajstić information content (AvgIpc) is 3.68. The van der Waals surface area contributed by atoms with Crippen LogP contribution in [-0.2, 0) is 14.4 Å². The van der Waals surface area contributed by atoms with E-state index < -0.39 is 33.4 Å². The summed E-state index contributed by atoms with van der Waals surface area (Å²) in [7, 11) is 0. The van der Waals surface area contributed by atoms with Crippen LogP contribution in [0.5, 0.6) is 5.75 Å². The first-order chi connectivity index (χ1) is 23.6. The van der Waals surface area contributed by atoms with Crippen LogP contribution in [0.4, 0.5) is 11.4 Å². The highest BCUT2D eigenvalue weighted by Crippen LogP contribution is 2.72. The number of fused-ring (bicyclic) bond motifs is 1. The lowest BCUT2D eigenvalue weighted by atomic mass is 9.66. The van der Waals surface area contributed by atoms with Crippen molar-refractivity contribution in [2.45, 2.75) is 48.3 Å². The summed E-state index contributed by atoms with van der Waals surface area (Å²) in [5.41, 5.74) is 2.00. The molecule has 1 spiro atoms. The molecule has 10 heteroatoms. The normalized spacial score (nSPS) is 25.8. The maximum atomic E-state index is 15.1. The van der Waals surface area contributed by atoms with Crippen molar-refractivity contribution < 1.29 is 24.2 Å². The van der Waals surface area contributed by atoms with Crippen LogP contribution in [0.2, 0.25) is 5.02 Å². The van der Waals surface area contributed by atoms with Crippen molar-refractivity contribution in [3.63, 3.8) is 0 Å². The summed E-state index contributed by atoms with van der Waals surface area (Å²) in [6, 6.07) is 21.9. The second-order valence-electron chi connectivity index (χ2n) is 13.0. The maximum Gasteiger partial charge on any atom is 0.251 e. The van der Waals surface area contributed by atoms with Gasteiger partial charge >= 0.3 is 0 Å². The van der Waals surface area contributed by atoms with Gasteiger partial charge < -0.3 is 24.5 Å². The highest BCUT2D eigenvalue weighted by molar-refractivity contribution is 8.02. The van der Waals surface area contributed by atoms with Crippen LogP contribution in [0.15, 0.2) is 104 Å². The highest BCUT2D eigenvalue weighted by atomic mass is 35.5. The molecule has 0 aliphatic carbocycles. The predicted octanol–water partition coefficient (Wildman–Crippen LogP) is 6.69. The number of nitrogens with zero attached hydrogens (tertiary/aromatic N) is 3. The van der Waals surface area contributed by atoms with Crippen LogP contribution in [-0.4, -0.2) is 69.6 Å². The van der Waals surface area contributed by atoms with Crippen molar-refractivity contribution in [3.8, 4) is 5.75 Å². The molecule has 2 bridgehead atoms. The number of anilines is 2. The minimum atomic E-state index is -0.957. The van der Waals surface area contributed by atoms with Crippen molar-refractivity contribution >= 4 is 52.5 Å². The van der Waals surface area contributed by atoms with Gasteiger partial charge in [0.15, 0.2) is 0 Å². The van der Waals surface area contributed by atoms with Crippen molar-refractivity contribution in [3.05, 3.63) is 115 Å². The standard InChI is InChI=1S/C39H42ClN3O5S/c1-5-23-41(29-17-19-30(20-18-29)48-7-3)35(45)32-33-36(46)43(31(25-44)26-11-9-8-10-12-26)34(39(33)22-21-38(32,4)49-39)37(47)42(24-6-2)28-15-13-27(40)14-16-28/h5-6,8-20,31-34,44H,1-2,7,21-25H2,3-4H3/t31-,32-,33+,34?,38+,39?/m1/s1. The number of ether oxygens (including phenoxy) is 1. The number of aliphatic hydroxyl groups is 1. The molecule has 3 fully saturated rings. The Morgan fingerprint density at radius 2 is 1.57 bits per heavy atom. The number of benzene rings is 3. The van der Waals surface area contributed by atoms with Crippen LogP contribution in [0, 0.1) is 11.8 Å². The van der Waals surface area contributed by atoms with Crippen molar-refractivity contribution in [1.82, 2.24) is 4.90 Å². The number of hydrogen-bond acceptors (Lipinski definition) is 6. The van der Waals surface area contributed by atoms with Crippen LogP contribution in [0.25, 0.3) is 0 Å². The van der Waals surface area contributed by atoms with E-state index in [9.17, 15) is 9.90 Å². The number of hydrogen-bond donors (Lipinski definition) is 1. The van der Waals surface area contributed by atoms with Gasteiger partial charge in [-0.05, 0) is 80.8 Å². The van der Waals surface area contributed by atoms with Crippen LogP contribution in [0.3, 0.4) is 0 Å². The molecule has 0 saturated carbocycles. The molecule has 0 aromatic heterocycles. The molecule has 49 heavy (non-hydrogen) atoms. The van der Waals surface area contributed by atoms with Crippen molar-refractivity contribution in [2.24, 2.45) is 11.8 Å². The molecule has 3 aliphatic rings. The van der Waals surface area contributed by atoms with Crippen LogP contribution < -0.4 is 14.5 Å². The topological polar surface area (TPSA) is 90.4 Å². The fraction of sp³-hybridized carbons (Fsp3) is 0.359. The third-order valence-corrected chi connectivity index (χ3v) is 12.4. The number of rotatable bonds is 13. The summed E-state index contributed by atoms with van der Waals surface area (Å²) in [5, 5.41) is 11.5. The molecule has 2 unspecified atom stereocenters.